The Morgan fingerprint density at radius 1 is 1.32 bits per heavy atom. The van der Waals surface area contributed by atoms with E-state index in [0.29, 0.717) is 19.5 Å². The van der Waals surface area contributed by atoms with Crippen LogP contribution in [-0.4, -0.2) is 27.1 Å². The van der Waals surface area contributed by atoms with Crippen LogP contribution in [0.25, 0.3) is 0 Å². The highest BCUT2D eigenvalue weighted by molar-refractivity contribution is 7.90. The summed E-state index contributed by atoms with van der Waals surface area (Å²) in [7, 11) is -3.17. The van der Waals surface area contributed by atoms with E-state index in [1.165, 1.54) is 0 Å². The first-order valence-corrected chi connectivity index (χ1v) is 7.98. The van der Waals surface area contributed by atoms with Crippen LogP contribution in [0.1, 0.15) is 18.9 Å². The second kappa shape index (κ2) is 6.68. The summed E-state index contributed by atoms with van der Waals surface area (Å²) in [6.07, 6.45) is 1.57. The van der Waals surface area contributed by atoms with Gasteiger partial charge >= 0.3 is 0 Å². The molecule has 1 atom stereocenters. The van der Waals surface area contributed by atoms with Crippen LogP contribution in [0, 0.1) is 5.92 Å². The zero-order valence-corrected chi connectivity index (χ0v) is 12.0. The van der Waals surface area contributed by atoms with Crippen LogP contribution in [0.15, 0.2) is 29.2 Å². The number of hydrogen-bond donors (Lipinski definition) is 2. The number of benzene rings is 1. The second-order valence-corrected chi connectivity index (χ2v) is 6.75. The molecule has 0 saturated heterocycles. The number of hydrogen-bond acceptors (Lipinski definition) is 4. The van der Waals surface area contributed by atoms with E-state index in [-0.39, 0.29) is 16.7 Å². The molecule has 0 fully saturated rings. The van der Waals surface area contributed by atoms with E-state index in [1.54, 1.807) is 24.3 Å². The molecule has 0 aliphatic rings. The van der Waals surface area contributed by atoms with Crippen LogP contribution in [-0.2, 0) is 21.2 Å². The summed E-state index contributed by atoms with van der Waals surface area (Å²) in [5.74, 6) is 0.109. The first-order chi connectivity index (χ1) is 8.82. The van der Waals surface area contributed by atoms with Gasteiger partial charge in [-0.1, -0.05) is 19.1 Å². The van der Waals surface area contributed by atoms with Crippen molar-refractivity contribution >= 4 is 15.7 Å². The molecule has 0 aliphatic carbocycles. The molecule has 19 heavy (non-hydrogen) atoms. The van der Waals surface area contributed by atoms with Gasteiger partial charge in [-0.3, -0.25) is 4.79 Å². The van der Waals surface area contributed by atoms with E-state index >= 15 is 0 Å². The second-order valence-electron chi connectivity index (χ2n) is 4.74. The first-order valence-electron chi connectivity index (χ1n) is 6.08. The zero-order chi connectivity index (χ0) is 14.5. The lowest BCUT2D eigenvalue weighted by atomic mass is 10.1. The van der Waals surface area contributed by atoms with E-state index in [1.807, 2.05) is 6.92 Å². The highest BCUT2D eigenvalue weighted by Gasteiger charge is 2.08. The molecule has 0 aromatic heterocycles. The van der Waals surface area contributed by atoms with Crippen molar-refractivity contribution in [3.8, 4) is 0 Å². The Kier molecular flexibility index (Phi) is 5.50. The Bertz CT molecular complexity index is 523. The maximum Gasteiger partial charge on any atom is 0.220 e. The predicted molar refractivity (Wildman–Crippen MR) is 74.2 cm³/mol. The highest BCUT2D eigenvalue weighted by atomic mass is 32.2. The van der Waals surface area contributed by atoms with Gasteiger partial charge in [-0.15, -0.1) is 0 Å². The third-order valence-corrected chi connectivity index (χ3v) is 3.91. The fourth-order valence-corrected chi connectivity index (χ4v) is 2.16. The lowest BCUT2D eigenvalue weighted by molar-refractivity contribution is -0.122. The molecule has 0 saturated carbocycles. The topological polar surface area (TPSA) is 89.3 Å². The Morgan fingerprint density at radius 2 is 1.89 bits per heavy atom. The molecule has 106 valence electrons. The Labute approximate surface area is 114 Å². The number of nitrogens with two attached hydrogens (primary N) is 1. The van der Waals surface area contributed by atoms with Crippen LogP contribution in [0.3, 0.4) is 0 Å². The van der Waals surface area contributed by atoms with Crippen molar-refractivity contribution in [3.05, 3.63) is 29.8 Å². The number of rotatable bonds is 6. The van der Waals surface area contributed by atoms with Gasteiger partial charge in [0, 0.05) is 19.2 Å². The summed E-state index contributed by atoms with van der Waals surface area (Å²) in [6, 6.07) is 6.48. The van der Waals surface area contributed by atoms with E-state index in [9.17, 15) is 13.2 Å². The number of amides is 1. The highest BCUT2D eigenvalue weighted by Crippen LogP contribution is 2.10. The van der Waals surface area contributed by atoms with E-state index in [2.05, 4.69) is 5.32 Å². The van der Waals surface area contributed by atoms with Crippen molar-refractivity contribution in [2.75, 3.05) is 12.8 Å². The summed E-state index contributed by atoms with van der Waals surface area (Å²) >= 11 is 0. The van der Waals surface area contributed by atoms with Crippen molar-refractivity contribution in [1.82, 2.24) is 5.32 Å². The van der Waals surface area contributed by atoms with Gasteiger partial charge in [0.05, 0.1) is 4.90 Å². The quantitative estimate of drug-likeness (QED) is 0.804. The molecule has 1 amide bonds. The van der Waals surface area contributed by atoms with Gasteiger partial charge in [0.2, 0.25) is 5.91 Å². The number of nitrogens with one attached hydrogen (secondary N) is 1. The third-order valence-electron chi connectivity index (χ3n) is 2.78. The van der Waals surface area contributed by atoms with Crippen molar-refractivity contribution in [3.63, 3.8) is 0 Å². The number of sulfone groups is 1. The molecule has 0 bridgehead atoms. The normalized spacial score (nSPS) is 13.0. The lowest BCUT2D eigenvalue weighted by Gasteiger charge is -2.09. The van der Waals surface area contributed by atoms with Gasteiger partial charge in [-0.05, 0) is 30.2 Å². The first kappa shape index (κ1) is 15.7. The van der Waals surface area contributed by atoms with E-state index < -0.39 is 9.84 Å². The molecule has 3 N–H and O–H groups in total. The van der Waals surface area contributed by atoms with Gasteiger partial charge in [-0.25, -0.2) is 8.42 Å². The fourth-order valence-electron chi connectivity index (χ4n) is 1.53. The molecule has 0 spiro atoms. The largest absolute Gasteiger partial charge is 0.352 e. The van der Waals surface area contributed by atoms with Crippen molar-refractivity contribution in [2.45, 2.75) is 24.8 Å². The molecule has 1 aromatic carbocycles. The van der Waals surface area contributed by atoms with Crippen molar-refractivity contribution in [2.24, 2.45) is 11.7 Å². The molecule has 1 aromatic rings. The predicted octanol–water partition coefficient (Wildman–Crippen LogP) is 0.691. The van der Waals surface area contributed by atoms with Crippen LogP contribution >= 0.6 is 0 Å². The fraction of sp³-hybridized carbons (Fsp3) is 0.462. The maximum atomic E-state index is 11.5. The Morgan fingerprint density at radius 3 is 2.37 bits per heavy atom. The number of carbonyl (C=O) groups excluding carboxylic acids is 1. The monoisotopic (exact) mass is 284 g/mol. The summed E-state index contributed by atoms with van der Waals surface area (Å²) in [6.45, 7) is 2.79. The standard InChI is InChI=1S/C13H20N2O3S/c1-10(8-14)7-13(16)15-9-11-3-5-12(6-4-11)19(2,17)18/h3-6,10H,7-9,14H2,1-2H3,(H,15,16). The van der Waals surface area contributed by atoms with Gasteiger partial charge in [0.1, 0.15) is 0 Å². The van der Waals surface area contributed by atoms with E-state index in [4.69, 9.17) is 5.73 Å². The van der Waals surface area contributed by atoms with Gasteiger partial charge in [0.15, 0.2) is 9.84 Å². The SMILES string of the molecule is CC(CN)CC(=O)NCc1ccc(S(C)(=O)=O)cc1. The van der Waals surface area contributed by atoms with Gasteiger partial charge in [-0.2, -0.15) is 0 Å². The van der Waals surface area contributed by atoms with Crippen molar-refractivity contribution < 1.29 is 13.2 Å². The molecular formula is C13H20N2O3S. The molecule has 0 aliphatic heterocycles. The molecule has 0 radical (unpaired) electrons. The van der Waals surface area contributed by atoms with E-state index in [0.717, 1.165) is 11.8 Å². The Hall–Kier alpha value is -1.40. The van der Waals surface area contributed by atoms with Crippen LogP contribution in [0.5, 0.6) is 0 Å². The minimum absolute atomic E-state index is 0.0508. The number of carbonyl (C=O) groups is 1. The molecule has 6 heteroatoms. The van der Waals surface area contributed by atoms with Gasteiger partial charge < -0.3 is 11.1 Å². The van der Waals surface area contributed by atoms with Crippen molar-refractivity contribution in [1.29, 1.82) is 0 Å². The molecule has 5 nitrogen and oxygen atoms in total. The summed E-state index contributed by atoms with van der Waals surface area (Å²) in [4.78, 5) is 11.8. The lowest BCUT2D eigenvalue weighted by Crippen LogP contribution is -2.26. The summed E-state index contributed by atoms with van der Waals surface area (Å²) in [5, 5.41) is 2.78. The van der Waals surface area contributed by atoms with Gasteiger partial charge in [0.25, 0.3) is 0 Å². The average Bonchev–Trinajstić information content (AvgIpc) is 2.35. The molecule has 1 rings (SSSR count). The maximum absolute atomic E-state index is 11.5. The van der Waals surface area contributed by atoms with Crippen LogP contribution in [0.4, 0.5) is 0 Å². The molecule has 0 heterocycles. The Balaban J connectivity index is 2.53. The minimum Gasteiger partial charge on any atom is -0.352 e. The third kappa shape index (κ3) is 5.40. The van der Waals surface area contributed by atoms with Crippen LogP contribution in [0.2, 0.25) is 0 Å². The van der Waals surface area contributed by atoms with Crippen LogP contribution < -0.4 is 11.1 Å². The molecular weight excluding hydrogens is 264 g/mol. The summed E-state index contributed by atoms with van der Waals surface area (Å²) in [5.41, 5.74) is 6.31. The smallest absolute Gasteiger partial charge is 0.220 e. The average molecular weight is 284 g/mol. The molecule has 1 unspecified atom stereocenters. The zero-order valence-electron chi connectivity index (χ0n) is 11.2. The summed E-state index contributed by atoms with van der Waals surface area (Å²) < 4.78 is 22.6. The minimum atomic E-state index is -3.17.